The van der Waals surface area contributed by atoms with Crippen LogP contribution < -0.4 is 0 Å². The molecule has 2 N–H and O–H groups in total. The Morgan fingerprint density at radius 2 is 1.88 bits per heavy atom. The van der Waals surface area contributed by atoms with Crippen molar-refractivity contribution in [3.63, 3.8) is 0 Å². The van der Waals surface area contributed by atoms with Crippen LogP contribution in [0.15, 0.2) is 24.3 Å². The summed E-state index contributed by atoms with van der Waals surface area (Å²) in [5.74, 6) is -0.670. The highest BCUT2D eigenvalue weighted by Gasteiger charge is 2.65. The number of para-hydroxylation sites is 1. The molecule has 9 atom stereocenters. The van der Waals surface area contributed by atoms with E-state index < -0.39 is 24.0 Å². The van der Waals surface area contributed by atoms with Crippen LogP contribution >= 0.6 is 0 Å². The smallest absolute Gasteiger partial charge is 0.177 e. The molecule has 0 amide bonds. The lowest BCUT2D eigenvalue weighted by atomic mass is 9.63. The minimum Gasteiger partial charge on any atom is -0.393 e. The van der Waals surface area contributed by atoms with Gasteiger partial charge in [-0.1, -0.05) is 18.2 Å². The second-order valence-corrected chi connectivity index (χ2v) is 11.3. The second-order valence-electron chi connectivity index (χ2n) is 11.3. The van der Waals surface area contributed by atoms with E-state index in [0.29, 0.717) is 43.4 Å². The zero-order valence-corrected chi connectivity index (χ0v) is 19.6. The fourth-order valence-electron chi connectivity index (χ4n) is 8.22. The second kappa shape index (κ2) is 6.80. The van der Waals surface area contributed by atoms with E-state index >= 15 is 0 Å². The molecule has 5 aliphatic heterocycles. The van der Waals surface area contributed by atoms with Gasteiger partial charge in [0.15, 0.2) is 17.9 Å². The minimum absolute atomic E-state index is 0.170. The van der Waals surface area contributed by atoms with E-state index in [-0.39, 0.29) is 12.3 Å². The first-order valence-electron chi connectivity index (χ1n) is 12.4. The number of piperidine rings is 1. The summed E-state index contributed by atoms with van der Waals surface area (Å²) < 4.78 is 21.3. The molecule has 178 valence electrons. The van der Waals surface area contributed by atoms with Crippen molar-refractivity contribution >= 4 is 10.9 Å². The van der Waals surface area contributed by atoms with Gasteiger partial charge in [-0.05, 0) is 44.4 Å². The standard InChI is InChI=1S/C26H34N2O5/c1-25-19(12-26(33-25)11-14(29)8-23(30)32-26)16-9-22-24-17(10-21(27(22)2)18(16)13-31-25)15-6-4-5-7-20(15)28(24)3/h4-7,14,16,18-19,21-23,29-30H,8-13H2,1-3H3/t14-,16-,18-,19+,21+,22+,23+,25+,26-/m1/s1. The predicted molar refractivity (Wildman–Crippen MR) is 121 cm³/mol. The normalized spacial score (nSPS) is 46.9. The van der Waals surface area contributed by atoms with Gasteiger partial charge in [0.25, 0.3) is 0 Å². The fraction of sp³-hybridized carbons (Fsp3) is 0.692. The van der Waals surface area contributed by atoms with Gasteiger partial charge >= 0.3 is 0 Å². The third-order valence-electron chi connectivity index (χ3n) is 9.59. The van der Waals surface area contributed by atoms with Gasteiger partial charge in [-0.15, -0.1) is 0 Å². The number of likely N-dealkylation sites (N-methyl/N-ethyl adjacent to an activating group) is 1. The van der Waals surface area contributed by atoms with Gasteiger partial charge in [0.1, 0.15) is 0 Å². The fourth-order valence-corrected chi connectivity index (χ4v) is 8.22. The summed E-state index contributed by atoms with van der Waals surface area (Å²) in [7, 11) is 4.49. The van der Waals surface area contributed by atoms with Crippen molar-refractivity contribution in [3.8, 4) is 0 Å². The maximum Gasteiger partial charge on any atom is 0.177 e. The Balaban J connectivity index is 1.28. The van der Waals surface area contributed by atoms with Gasteiger partial charge in [0, 0.05) is 60.8 Å². The summed E-state index contributed by atoms with van der Waals surface area (Å²) in [5, 5.41) is 22.0. The number of ether oxygens (including phenoxy) is 3. The molecular weight excluding hydrogens is 420 g/mol. The van der Waals surface area contributed by atoms with E-state index in [0.717, 1.165) is 12.8 Å². The third kappa shape index (κ3) is 2.78. The lowest BCUT2D eigenvalue weighted by molar-refractivity contribution is -0.380. The van der Waals surface area contributed by atoms with Crippen molar-refractivity contribution in [1.82, 2.24) is 9.47 Å². The molecule has 7 rings (SSSR count). The zero-order chi connectivity index (χ0) is 22.7. The summed E-state index contributed by atoms with van der Waals surface area (Å²) in [6.07, 6.45) is 1.76. The SMILES string of the molecule is CN1[C@H]2C[C@@H]3[C@@H](CO[C@@]4(C)O[C@]5(C[C@H](O)C[C@@H](O)O5)C[C@@H]34)[C@@H]1Cc1c2n(C)c2ccccc12. The molecule has 7 nitrogen and oxygen atoms in total. The molecule has 0 saturated carbocycles. The number of nitrogens with zero attached hydrogens (tertiary/aromatic N) is 2. The zero-order valence-electron chi connectivity index (χ0n) is 19.6. The molecule has 4 saturated heterocycles. The van der Waals surface area contributed by atoms with Crippen LogP contribution in [0.25, 0.3) is 10.9 Å². The molecule has 1 spiro atoms. The van der Waals surface area contributed by atoms with Crippen molar-refractivity contribution < 1.29 is 24.4 Å². The van der Waals surface area contributed by atoms with Gasteiger partial charge in [-0.3, -0.25) is 4.90 Å². The number of aryl methyl sites for hydroxylation is 1. The molecule has 0 radical (unpaired) electrons. The highest BCUT2D eigenvalue weighted by Crippen LogP contribution is 2.60. The van der Waals surface area contributed by atoms with Crippen LogP contribution in [0.5, 0.6) is 0 Å². The van der Waals surface area contributed by atoms with E-state index in [1.807, 2.05) is 6.92 Å². The van der Waals surface area contributed by atoms with Crippen LogP contribution in [0, 0.1) is 17.8 Å². The maximum absolute atomic E-state index is 10.4. The van der Waals surface area contributed by atoms with E-state index in [1.54, 1.807) is 0 Å². The van der Waals surface area contributed by atoms with Gasteiger partial charge in [-0.2, -0.15) is 0 Å². The Morgan fingerprint density at radius 3 is 2.70 bits per heavy atom. The Kier molecular flexibility index (Phi) is 4.30. The molecule has 6 heterocycles. The molecule has 4 fully saturated rings. The highest BCUT2D eigenvalue weighted by molar-refractivity contribution is 5.86. The molecule has 2 aromatic rings. The van der Waals surface area contributed by atoms with Crippen LogP contribution in [0.2, 0.25) is 0 Å². The van der Waals surface area contributed by atoms with Crippen molar-refractivity contribution in [2.24, 2.45) is 24.8 Å². The monoisotopic (exact) mass is 454 g/mol. The number of aromatic nitrogens is 1. The predicted octanol–water partition coefficient (Wildman–Crippen LogP) is 2.68. The largest absolute Gasteiger partial charge is 0.393 e. The Hall–Kier alpha value is -1.48. The number of hydrogen-bond acceptors (Lipinski definition) is 6. The van der Waals surface area contributed by atoms with Gasteiger partial charge in [0.05, 0.1) is 18.8 Å². The molecular formula is C26H34N2O5. The summed E-state index contributed by atoms with van der Waals surface area (Å²) in [5.41, 5.74) is 4.28. The van der Waals surface area contributed by atoms with Crippen LogP contribution in [0.1, 0.15) is 49.9 Å². The van der Waals surface area contributed by atoms with Crippen LogP contribution in [-0.2, 0) is 27.7 Å². The van der Waals surface area contributed by atoms with Crippen molar-refractivity contribution in [2.75, 3.05) is 13.7 Å². The molecule has 7 heteroatoms. The van der Waals surface area contributed by atoms with Crippen molar-refractivity contribution in [3.05, 3.63) is 35.5 Å². The molecule has 1 aromatic carbocycles. The average Bonchev–Trinajstić information content (AvgIpc) is 3.19. The maximum atomic E-state index is 10.4. The van der Waals surface area contributed by atoms with E-state index in [2.05, 4.69) is 47.8 Å². The first-order chi connectivity index (χ1) is 15.8. The first-order valence-corrected chi connectivity index (χ1v) is 12.4. The van der Waals surface area contributed by atoms with E-state index in [1.165, 1.54) is 22.2 Å². The lowest BCUT2D eigenvalue weighted by Gasteiger charge is -2.57. The summed E-state index contributed by atoms with van der Waals surface area (Å²) in [4.78, 5) is 2.59. The third-order valence-corrected chi connectivity index (χ3v) is 9.59. The molecule has 1 aromatic heterocycles. The van der Waals surface area contributed by atoms with Crippen LogP contribution in [0.3, 0.4) is 0 Å². The number of benzene rings is 1. The Labute approximate surface area is 194 Å². The Bertz CT molecular complexity index is 1110. The average molecular weight is 455 g/mol. The molecule has 0 aliphatic carbocycles. The molecule has 5 aliphatic rings. The van der Waals surface area contributed by atoms with Crippen LogP contribution in [0.4, 0.5) is 0 Å². The number of fused-ring (bicyclic) bond motifs is 10. The summed E-state index contributed by atoms with van der Waals surface area (Å²) >= 11 is 0. The van der Waals surface area contributed by atoms with Crippen LogP contribution in [-0.4, -0.2) is 63.3 Å². The Morgan fingerprint density at radius 1 is 1.06 bits per heavy atom. The highest BCUT2D eigenvalue weighted by atomic mass is 16.8. The van der Waals surface area contributed by atoms with Crippen molar-refractivity contribution in [1.29, 1.82) is 0 Å². The van der Waals surface area contributed by atoms with Gasteiger partial charge in [0.2, 0.25) is 0 Å². The topological polar surface area (TPSA) is 76.3 Å². The number of aliphatic hydroxyl groups excluding tert-OH is 2. The molecule has 2 bridgehead atoms. The van der Waals surface area contributed by atoms with E-state index in [4.69, 9.17) is 14.2 Å². The summed E-state index contributed by atoms with van der Waals surface area (Å²) in [6, 6.07) is 9.57. The molecule has 33 heavy (non-hydrogen) atoms. The van der Waals surface area contributed by atoms with Crippen molar-refractivity contribution in [2.45, 2.75) is 75.1 Å². The van der Waals surface area contributed by atoms with Gasteiger partial charge < -0.3 is 29.0 Å². The quantitative estimate of drug-likeness (QED) is 0.638. The number of hydrogen-bond donors (Lipinski definition) is 2. The lowest BCUT2D eigenvalue weighted by Crippen LogP contribution is -2.60. The number of rotatable bonds is 0. The van der Waals surface area contributed by atoms with E-state index in [9.17, 15) is 10.2 Å². The summed E-state index contributed by atoms with van der Waals surface area (Å²) in [6.45, 7) is 2.70. The first kappa shape index (κ1) is 20.9. The minimum atomic E-state index is -0.997. The molecule has 0 unspecified atom stereocenters. The number of aliphatic hydroxyl groups is 2. The van der Waals surface area contributed by atoms with Gasteiger partial charge in [-0.25, -0.2) is 0 Å².